The minimum Gasteiger partial charge on any atom is -0.458 e. The van der Waals surface area contributed by atoms with Gasteiger partial charge in [-0.25, -0.2) is 9.59 Å². The minimum atomic E-state index is -1.65. The van der Waals surface area contributed by atoms with Crippen LogP contribution in [0.4, 0.5) is 0 Å². The molecule has 0 aromatic carbocycles. The molecule has 0 radical (unpaired) electrons. The summed E-state index contributed by atoms with van der Waals surface area (Å²) >= 11 is 0. The van der Waals surface area contributed by atoms with Crippen LogP contribution in [0.3, 0.4) is 0 Å². The number of carbonyl (C=O) groups is 4. The van der Waals surface area contributed by atoms with Crippen LogP contribution < -0.4 is 0 Å². The predicted molar refractivity (Wildman–Crippen MR) is 251 cm³/mol. The molecule has 12 heteroatoms. The number of rotatable bonds is 29. The van der Waals surface area contributed by atoms with Crippen LogP contribution in [0.15, 0.2) is 24.3 Å². The Labute approximate surface area is 369 Å². The van der Waals surface area contributed by atoms with E-state index in [1.165, 1.54) is 0 Å². The van der Waals surface area contributed by atoms with Crippen molar-refractivity contribution in [3.8, 4) is 0 Å². The summed E-state index contributed by atoms with van der Waals surface area (Å²) in [6.07, 6.45) is 5.82. The summed E-state index contributed by atoms with van der Waals surface area (Å²) in [5, 5.41) is 1.01. The monoisotopic (exact) mass is 883 g/mol. The molecule has 0 rings (SSSR count). The van der Waals surface area contributed by atoms with Crippen molar-refractivity contribution in [3.63, 3.8) is 0 Å². The fraction of sp³-hybridized carbons (Fsp3) is 0.833. The third-order valence-electron chi connectivity index (χ3n) is 13.3. The maximum Gasteiger partial charge on any atom is 0.333 e. The van der Waals surface area contributed by atoms with Crippen LogP contribution >= 0.6 is 0 Å². The summed E-state index contributed by atoms with van der Waals surface area (Å²) in [6.45, 7) is 44.8. The van der Waals surface area contributed by atoms with Crippen molar-refractivity contribution in [3.05, 3.63) is 24.3 Å². The lowest BCUT2D eigenvalue weighted by Crippen LogP contribution is -2.48. The van der Waals surface area contributed by atoms with Crippen LogP contribution in [0.2, 0.25) is 45.3 Å². The normalized spacial score (nSPS) is 13.9. The summed E-state index contributed by atoms with van der Waals surface area (Å²) in [5.41, 5.74) is 0.564. The Morgan fingerprint density at radius 2 is 0.750 bits per heavy atom. The summed E-state index contributed by atoms with van der Waals surface area (Å²) in [4.78, 5) is 49.7. The van der Waals surface area contributed by atoms with Crippen LogP contribution in [0.1, 0.15) is 161 Å². The molecule has 0 aliphatic carbocycles. The number of unbranched alkanes of at least 4 members (excludes halogenated alkanes) is 5. The molecule has 0 heterocycles. The van der Waals surface area contributed by atoms with Gasteiger partial charge in [-0.05, 0) is 59.7 Å². The van der Waals surface area contributed by atoms with Gasteiger partial charge in [-0.3, -0.25) is 9.59 Å². The zero-order valence-electron chi connectivity index (χ0n) is 41.4. The first kappa shape index (κ1) is 57.7. The van der Waals surface area contributed by atoms with E-state index in [1.54, 1.807) is 13.8 Å². The van der Waals surface area contributed by atoms with Crippen molar-refractivity contribution in [2.75, 3.05) is 39.6 Å². The number of esters is 4. The lowest BCUT2D eigenvalue weighted by atomic mass is 10.1. The molecule has 10 nitrogen and oxygen atoms in total. The van der Waals surface area contributed by atoms with Crippen molar-refractivity contribution in [1.82, 2.24) is 0 Å². The third kappa shape index (κ3) is 21.2. The summed E-state index contributed by atoms with van der Waals surface area (Å²) in [7, 11) is -3.30. The van der Waals surface area contributed by atoms with Crippen molar-refractivity contribution in [2.24, 2.45) is 0 Å². The molecule has 0 saturated heterocycles. The van der Waals surface area contributed by atoms with E-state index in [0.717, 1.165) is 50.6 Å². The second kappa shape index (κ2) is 26.4. The Kier molecular flexibility index (Phi) is 25.4. The van der Waals surface area contributed by atoms with Gasteiger partial charge in [0.25, 0.3) is 0 Å². The molecule has 0 N–H and O–H groups in total. The van der Waals surface area contributed by atoms with E-state index < -0.39 is 40.3 Å². The lowest BCUT2D eigenvalue weighted by molar-refractivity contribution is -0.161. The number of carbonyl (C=O) groups excluding carboxylic acids is 4. The molecular formula is C48H90O10Si2. The van der Waals surface area contributed by atoms with Crippen molar-refractivity contribution in [1.29, 1.82) is 0 Å². The molecule has 0 bridgehead atoms. The highest BCUT2D eigenvalue weighted by Gasteiger charge is 2.49. The van der Waals surface area contributed by atoms with Gasteiger partial charge < -0.3 is 28.4 Å². The quantitative estimate of drug-likeness (QED) is 0.0236. The smallest absolute Gasteiger partial charge is 0.333 e. The second-order valence-corrected chi connectivity index (χ2v) is 34.0. The number of ether oxygens (including phenoxy) is 6. The highest BCUT2D eigenvalue weighted by molar-refractivity contribution is 6.84. The third-order valence-corrected chi connectivity index (χ3v) is 29.2. The molecule has 0 saturated carbocycles. The standard InChI is InChI=1S/C48H90O10Si2/c1-37(2)43(51)55-35-39(33-53-29-25-31-59(17,45(5,6)7)46(8,9)10)57-41(49)27-23-21-19-20-22-24-28-42(50)58-40(36-56-44(52)38(3)4)34-54-30-26-32-60(18,47(11,12)13)48(14,15)16/h39-40H,1,3,19-36H2,2,4-18H3. The first-order valence-corrected chi connectivity index (χ1v) is 28.0. The van der Waals surface area contributed by atoms with E-state index in [1.807, 2.05) is 0 Å². The van der Waals surface area contributed by atoms with Crippen LogP contribution in [0.25, 0.3) is 0 Å². The van der Waals surface area contributed by atoms with Crippen LogP contribution in [0, 0.1) is 0 Å². The van der Waals surface area contributed by atoms with Gasteiger partial charge in [0.1, 0.15) is 13.2 Å². The molecule has 0 fully saturated rings. The average molecular weight is 883 g/mol. The van der Waals surface area contributed by atoms with Crippen molar-refractivity contribution >= 4 is 40.0 Å². The van der Waals surface area contributed by atoms with E-state index in [2.05, 4.69) is 109 Å². The van der Waals surface area contributed by atoms with Gasteiger partial charge >= 0.3 is 23.9 Å². The van der Waals surface area contributed by atoms with E-state index in [0.29, 0.717) is 26.1 Å². The molecule has 0 amide bonds. The molecule has 60 heavy (non-hydrogen) atoms. The highest BCUT2D eigenvalue weighted by atomic mass is 28.3. The molecule has 0 aliphatic heterocycles. The molecule has 2 unspecified atom stereocenters. The SMILES string of the molecule is C=C(C)C(=O)OCC(COCCC[Si](C)(C(C)(C)C)C(C)(C)C)OC(=O)CCCCCCCCC(=O)OC(COCCC[Si](C)(C(C)(C)C)C(C)(C)C)COC(=O)C(=C)C. The maximum atomic E-state index is 12.8. The van der Waals surface area contributed by atoms with Crippen molar-refractivity contribution < 1.29 is 47.6 Å². The Bertz CT molecular complexity index is 1220. The summed E-state index contributed by atoms with van der Waals surface area (Å²) in [5.74, 6) is -1.75. The zero-order valence-corrected chi connectivity index (χ0v) is 43.4. The first-order valence-electron chi connectivity index (χ1n) is 22.6. The Morgan fingerprint density at radius 1 is 0.467 bits per heavy atom. The van der Waals surface area contributed by atoms with Crippen LogP contribution in [-0.4, -0.2) is 91.9 Å². The Balaban J connectivity index is 4.80. The molecule has 0 aromatic rings. The fourth-order valence-corrected chi connectivity index (χ4v) is 17.0. The molecule has 0 aromatic heterocycles. The summed E-state index contributed by atoms with van der Waals surface area (Å²) < 4.78 is 34.0. The largest absolute Gasteiger partial charge is 0.458 e. The van der Waals surface area contributed by atoms with Gasteiger partial charge in [0, 0.05) is 37.2 Å². The minimum absolute atomic E-state index is 0.0835. The maximum absolute atomic E-state index is 12.8. The van der Waals surface area contributed by atoms with E-state index in [4.69, 9.17) is 28.4 Å². The van der Waals surface area contributed by atoms with Crippen LogP contribution in [0.5, 0.6) is 0 Å². The Hall–Kier alpha value is -2.29. The fourth-order valence-electron chi connectivity index (χ4n) is 7.79. The van der Waals surface area contributed by atoms with E-state index >= 15 is 0 Å². The lowest BCUT2D eigenvalue weighted by Gasteiger charge is -2.50. The predicted octanol–water partition coefficient (Wildman–Crippen LogP) is 12.3. The van der Waals surface area contributed by atoms with Crippen LogP contribution in [-0.2, 0) is 47.6 Å². The van der Waals surface area contributed by atoms with Gasteiger partial charge in [0.15, 0.2) is 12.2 Å². The molecule has 0 aliphatic rings. The number of hydrogen-bond donors (Lipinski definition) is 0. The van der Waals surface area contributed by atoms with Crippen molar-refractivity contribution in [2.45, 2.75) is 219 Å². The van der Waals surface area contributed by atoms with Gasteiger partial charge in [0.05, 0.1) is 29.4 Å². The molecule has 0 spiro atoms. The topological polar surface area (TPSA) is 124 Å². The number of hydrogen-bond acceptors (Lipinski definition) is 10. The summed E-state index contributed by atoms with van der Waals surface area (Å²) in [6, 6.07) is 2.25. The molecular weight excluding hydrogens is 793 g/mol. The first-order chi connectivity index (χ1) is 27.4. The van der Waals surface area contributed by atoms with Gasteiger partial charge in [-0.2, -0.15) is 0 Å². The molecule has 2 atom stereocenters. The average Bonchev–Trinajstić information content (AvgIpc) is 3.10. The second-order valence-electron chi connectivity index (χ2n) is 21.6. The Morgan fingerprint density at radius 3 is 1.02 bits per heavy atom. The molecule has 350 valence electrons. The highest BCUT2D eigenvalue weighted by Crippen LogP contribution is 2.54. The van der Waals surface area contributed by atoms with Gasteiger partial charge in [-0.15, -0.1) is 0 Å². The zero-order chi connectivity index (χ0) is 46.6. The van der Waals surface area contributed by atoms with Gasteiger partial charge in [0.2, 0.25) is 0 Å². The van der Waals surface area contributed by atoms with E-state index in [9.17, 15) is 19.2 Å². The van der Waals surface area contributed by atoms with Gasteiger partial charge in [-0.1, -0.05) is 147 Å². The van der Waals surface area contributed by atoms with E-state index in [-0.39, 0.29) is 82.5 Å².